The van der Waals surface area contributed by atoms with Crippen molar-refractivity contribution in [2.75, 3.05) is 0 Å². The lowest BCUT2D eigenvalue weighted by molar-refractivity contribution is 0.487. The van der Waals surface area contributed by atoms with E-state index >= 15 is 0 Å². The number of hydrogen-bond acceptors (Lipinski definition) is 2. The largest absolute Gasteiger partial charge is 0.466 e. The zero-order valence-electron chi connectivity index (χ0n) is 8.08. The molecule has 0 bridgehead atoms. The molecule has 1 heterocycles. The van der Waals surface area contributed by atoms with Crippen molar-refractivity contribution in [3.8, 4) is 0 Å². The minimum atomic E-state index is -0.481. The highest BCUT2D eigenvalue weighted by Gasteiger charge is 2.20. The van der Waals surface area contributed by atoms with E-state index in [1.807, 2.05) is 0 Å². The molecule has 0 fully saturated rings. The van der Waals surface area contributed by atoms with Gasteiger partial charge in [0, 0.05) is 15.6 Å². The molecule has 0 aliphatic carbocycles. The molecule has 1 aromatic heterocycles. The van der Waals surface area contributed by atoms with Crippen molar-refractivity contribution in [2.24, 2.45) is 5.73 Å². The van der Waals surface area contributed by atoms with E-state index < -0.39 is 6.04 Å². The van der Waals surface area contributed by atoms with Gasteiger partial charge in [0.05, 0.1) is 16.8 Å². The molecule has 0 amide bonds. The molecule has 0 saturated carbocycles. The number of rotatable bonds is 2. The van der Waals surface area contributed by atoms with E-state index in [9.17, 15) is 0 Å². The third-order valence-corrected chi connectivity index (χ3v) is 3.55. The minimum absolute atomic E-state index is 0.481. The molecule has 0 radical (unpaired) electrons. The van der Waals surface area contributed by atoms with Gasteiger partial charge >= 0.3 is 0 Å². The molecule has 2 nitrogen and oxygen atoms in total. The maximum absolute atomic E-state index is 6.07. The van der Waals surface area contributed by atoms with Crippen LogP contribution >= 0.6 is 39.1 Å². The van der Waals surface area contributed by atoms with Crippen LogP contribution in [0.15, 0.2) is 39.4 Å². The van der Waals surface area contributed by atoms with Crippen LogP contribution in [0.5, 0.6) is 0 Å². The molecule has 0 saturated heterocycles. The lowest BCUT2D eigenvalue weighted by Gasteiger charge is -2.13. The predicted molar refractivity (Wildman–Crippen MR) is 68.9 cm³/mol. The van der Waals surface area contributed by atoms with Crippen LogP contribution in [0.25, 0.3) is 0 Å². The van der Waals surface area contributed by atoms with E-state index in [2.05, 4.69) is 15.9 Å². The van der Waals surface area contributed by atoms with Gasteiger partial charge in [-0.3, -0.25) is 0 Å². The lowest BCUT2D eigenvalue weighted by Crippen LogP contribution is -2.12. The first-order valence-electron chi connectivity index (χ1n) is 4.53. The summed E-state index contributed by atoms with van der Waals surface area (Å²) in [6.45, 7) is 0. The Hall–Kier alpha value is -0.480. The van der Waals surface area contributed by atoms with Crippen molar-refractivity contribution < 1.29 is 4.42 Å². The molecule has 0 aliphatic rings. The third-order valence-electron chi connectivity index (χ3n) is 2.24. The van der Waals surface area contributed by atoms with E-state index in [4.69, 9.17) is 33.4 Å². The van der Waals surface area contributed by atoms with Crippen molar-refractivity contribution in [1.82, 2.24) is 0 Å². The summed E-state index contributed by atoms with van der Waals surface area (Å²) in [5.41, 5.74) is 6.74. The van der Waals surface area contributed by atoms with Crippen LogP contribution in [-0.4, -0.2) is 0 Å². The Bertz CT molecular complexity index is 492. The zero-order chi connectivity index (χ0) is 11.7. The number of hydrogen-bond donors (Lipinski definition) is 1. The number of nitrogens with two attached hydrogens (primary N) is 1. The van der Waals surface area contributed by atoms with Crippen LogP contribution in [0, 0.1) is 0 Å². The first-order chi connectivity index (χ1) is 7.61. The highest BCUT2D eigenvalue weighted by molar-refractivity contribution is 9.10. The summed E-state index contributed by atoms with van der Waals surface area (Å²) in [6, 6.07) is 6.57. The van der Waals surface area contributed by atoms with Gasteiger partial charge in [0.25, 0.3) is 0 Å². The normalized spacial score (nSPS) is 12.8. The van der Waals surface area contributed by atoms with Crippen molar-refractivity contribution in [1.29, 1.82) is 0 Å². The highest BCUT2D eigenvalue weighted by atomic mass is 79.9. The summed E-state index contributed by atoms with van der Waals surface area (Å²) >= 11 is 15.5. The molecular weight excluding hydrogens is 313 g/mol. The average Bonchev–Trinajstić information content (AvgIpc) is 2.64. The van der Waals surface area contributed by atoms with Gasteiger partial charge in [0.2, 0.25) is 0 Å². The Morgan fingerprint density at radius 2 is 1.81 bits per heavy atom. The van der Waals surface area contributed by atoms with Gasteiger partial charge < -0.3 is 10.2 Å². The van der Waals surface area contributed by atoms with Crippen molar-refractivity contribution in [2.45, 2.75) is 6.04 Å². The van der Waals surface area contributed by atoms with Gasteiger partial charge in [-0.1, -0.05) is 29.3 Å². The Labute approximate surface area is 111 Å². The summed E-state index contributed by atoms with van der Waals surface area (Å²) in [7, 11) is 0. The van der Waals surface area contributed by atoms with Crippen LogP contribution in [0.3, 0.4) is 0 Å². The number of benzene rings is 1. The molecule has 1 aromatic carbocycles. The topological polar surface area (TPSA) is 39.2 Å². The predicted octanol–water partition coefficient (Wildman–Crippen LogP) is 4.40. The van der Waals surface area contributed by atoms with E-state index in [1.165, 1.54) is 0 Å². The molecule has 5 heteroatoms. The van der Waals surface area contributed by atoms with Crippen molar-refractivity contribution in [3.63, 3.8) is 0 Å². The quantitative estimate of drug-likeness (QED) is 0.891. The zero-order valence-corrected chi connectivity index (χ0v) is 11.2. The van der Waals surface area contributed by atoms with Gasteiger partial charge in [-0.05, 0) is 34.1 Å². The average molecular weight is 321 g/mol. The van der Waals surface area contributed by atoms with Gasteiger partial charge in [-0.25, -0.2) is 0 Å². The molecule has 2 rings (SSSR count). The van der Waals surface area contributed by atoms with Crippen molar-refractivity contribution in [3.05, 3.63) is 56.4 Å². The second kappa shape index (κ2) is 4.80. The summed E-state index contributed by atoms with van der Waals surface area (Å²) in [5, 5.41) is 1.06. The molecule has 1 unspecified atom stereocenters. The maximum atomic E-state index is 6.07. The van der Waals surface area contributed by atoms with E-state index in [1.54, 1.807) is 30.5 Å². The SMILES string of the molecule is NC(c1occc1Br)c1c(Cl)cccc1Cl. The molecule has 2 aromatic rings. The Morgan fingerprint density at radius 1 is 1.19 bits per heavy atom. The van der Waals surface area contributed by atoms with Gasteiger partial charge in [0.15, 0.2) is 0 Å². The first kappa shape index (κ1) is 12.0. The first-order valence-corrected chi connectivity index (χ1v) is 6.08. The molecule has 1 atom stereocenters. The summed E-state index contributed by atoms with van der Waals surface area (Å²) in [5.74, 6) is 0.606. The smallest absolute Gasteiger partial charge is 0.139 e. The monoisotopic (exact) mass is 319 g/mol. The summed E-state index contributed by atoms with van der Waals surface area (Å²) in [6.07, 6.45) is 1.56. The summed E-state index contributed by atoms with van der Waals surface area (Å²) in [4.78, 5) is 0. The second-order valence-corrected chi connectivity index (χ2v) is 4.91. The van der Waals surface area contributed by atoms with Crippen LogP contribution in [0.2, 0.25) is 10.0 Å². The molecule has 16 heavy (non-hydrogen) atoms. The van der Waals surface area contributed by atoms with E-state index in [0.29, 0.717) is 21.4 Å². The standard InChI is InChI=1S/C11H8BrCl2NO/c12-6-4-5-16-11(6)10(15)9-7(13)2-1-3-8(9)14/h1-5,10H,15H2. The minimum Gasteiger partial charge on any atom is -0.466 e. The van der Waals surface area contributed by atoms with Crippen LogP contribution in [0.1, 0.15) is 17.4 Å². The highest BCUT2D eigenvalue weighted by Crippen LogP contribution is 2.35. The fourth-order valence-electron chi connectivity index (χ4n) is 1.47. The van der Waals surface area contributed by atoms with E-state index in [0.717, 1.165) is 4.47 Å². The Morgan fingerprint density at radius 3 is 2.31 bits per heavy atom. The fourth-order valence-corrected chi connectivity index (χ4v) is 2.55. The fraction of sp³-hybridized carbons (Fsp3) is 0.0909. The van der Waals surface area contributed by atoms with Crippen LogP contribution in [0.4, 0.5) is 0 Å². The van der Waals surface area contributed by atoms with Gasteiger partial charge in [-0.15, -0.1) is 0 Å². The number of halogens is 3. The molecule has 0 aliphatic heterocycles. The Kier molecular flexibility index (Phi) is 3.60. The van der Waals surface area contributed by atoms with Crippen LogP contribution in [-0.2, 0) is 0 Å². The lowest BCUT2D eigenvalue weighted by atomic mass is 10.1. The Balaban J connectivity index is 2.49. The molecular formula is C11H8BrCl2NO. The van der Waals surface area contributed by atoms with Gasteiger partial charge in [0.1, 0.15) is 5.76 Å². The van der Waals surface area contributed by atoms with E-state index in [-0.39, 0.29) is 0 Å². The third kappa shape index (κ3) is 2.13. The van der Waals surface area contributed by atoms with Crippen molar-refractivity contribution >= 4 is 39.1 Å². The second-order valence-electron chi connectivity index (χ2n) is 3.25. The number of furan rings is 1. The molecule has 2 N–H and O–H groups in total. The molecule has 0 spiro atoms. The summed E-state index contributed by atoms with van der Waals surface area (Å²) < 4.78 is 6.10. The molecule has 84 valence electrons. The van der Waals surface area contributed by atoms with Gasteiger partial charge in [-0.2, -0.15) is 0 Å². The van der Waals surface area contributed by atoms with Crippen LogP contribution < -0.4 is 5.73 Å². The maximum Gasteiger partial charge on any atom is 0.139 e.